The van der Waals surface area contributed by atoms with Crippen LogP contribution in [0.25, 0.3) is 0 Å². The fourth-order valence-electron chi connectivity index (χ4n) is 2.51. The number of benzene rings is 2. The molecule has 0 unspecified atom stereocenters. The van der Waals surface area contributed by atoms with Gasteiger partial charge in [-0.25, -0.2) is 0 Å². The monoisotopic (exact) mass is 300 g/mol. The Balaban J connectivity index is 2.26. The third-order valence-electron chi connectivity index (χ3n) is 3.75. The number of phenolic OH excluding ortho intramolecular Hbond substituents is 1. The standard InChI is InChI=1S/C19H24O3/c1-13(2)18-11-15(5-8-19(18)22-12-21-4)10-16-6-7-17(20)9-14(16)3/h5-9,11,13,20H,10,12H2,1-4H3. The molecule has 0 saturated carbocycles. The minimum absolute atomic E-state index is 0.260. The van der Waals surface area contributed by atoms with E-state index in [1.807, 2.05) is 19.1 Å². The number of aryl methyl sites for hydroxylation is 1. The van der Waals surface area contributed by atoms with Gasteiger partial charge in [-0.15, -0.1) is 0 Å². The van der Waals surface area contributed by atoms with Crippen LogP contribution in [0.3, 0.4) is 0 Å². The molecule has 2 aromatic rings. The van der Waals surface area contributed by atoms with E-state index in [-0.39, 0.29) is 6.79 Å². The van der Waals surface area contributed by atoms with Crippen molar-refractivity contribution >= 4 is 0 Å². The highest BCUT2D eigenvalue weighted by atomic mass is 16.7. The molecule has 0 aliphatic heterocycles. The lowest BCUT2D eigenvalue weighted by Gasteiger charge is -2.16. The zero-order valence-electron chi connectivity index (χ0n) is 13.7. The van der Waals surface area contributed by atoms with E-state index in [9.17, 15) is 5.11 Å². The molecule has 0 radical (unpaired) electrons. The van der Waals surface area contributed by atoms with Crippen molar-refractivity contribution in [1.29, 1.82) is 0 Å². The van der Waals surface area contributed by atoms with Gasteiger partial charge >= 0.3 is 0 Å². The molecule has 0 fully saturated rings. The number of rotatable bonds is 6. The van der Waals surface area contributed by atoms with Crippen LogP contribution in [0.2, 0.25) is 0 Å². The van der Waals surface area contributed by atoms with Crippen molar-refractivity contribution in [2.24, 2.45) is 0 Å². The second kappa shape index (κ2) is 7.32. The largest absolute Gasteiger partial charge is 0.508 e. The molecule has 1 N–H and O–H groups in total. The molecule has 0 bridgehead atoms. The minimum Gasteiger partial charge on any atom is -0.508 e. The lowest BCUT2D eigenvalue weighted by atomic mass is 9.95. The Hall–Kier alpha value is -2.00. The topological polar surface area (TPSA) is 38.7 Å². The van der Waals surface area contributed by atoms with Gasteiger partial charge in [0.25, 0.3) is 0 Å². The predicted molar refractivity (Wildman–Crippen MR) is 88.7 cm³/mol. The van der Waals surface area contributed by atoms with Crippen molar-refractivity contribution in [1.82, 2.24) is 0 Å². The average molecular weight is 300 g/mol. The summed E-state index contributed by atoms with van der Waals surface area (Å²) in [4.78, 5) is 0. The lowest BCUT2D eigenvalue weighted by molar-refractivity contribution is 0.0502. The Bertz CT molecular complexity index is 633. The number of hydrogen-bond acceptors (Lipinski definition) is 3. The molecule has 0 aliphatic carbocycles. The van der Waals surface area contributed by atoms with Crippen LogP contribution in [-0.2, 0) is 11.2 Å². The zero-order valence-corrected chi connectivity index (χ0v) is 13.7. The van der Waals surface area contributed by atoms with E-state index in [4.69, 9.17) is 9.47 Å². The van der Waals surface area contributed by atoms with Crippen LogP contribution >= 0.6 is 0 Å². The Morgan fingerprint density at radius 3 is 2.50 bits per heavy atom. The molecule has 0 heterocycles. The molecule has 3 nitrogen and oxygen atoms in total. The van der Waals surface area contributed by atoms with Gasteiger partial charge in [0, 0.05) is 7.11 Å². The summed E-state index contributed by atoms with van der Waals surface area (Å²) in [5.41, 5.74) is 4.75. The van der Waals surface area contributed by atoms with Gasteiger partial charge < -0.3 is 14.6 Å². The van der Waals surface area contributed by atoms with Gasteiger partial charge in [-0.3, -0.25) is 0 Å². The summed E-state index contributed by atoms with van der Waals surface area (Å²) in [5.74, 6) is 1.57. The van der Waals surface area contributed by atoms with Gasteiger partial charge in [0.2, 0.25) is 0 Å². The second-order valence-corrected chi connectivity index (χ2v) is 5.87. The SMILES string of the molecule is COCOc1ccc(Cc2ccc(O)cc2C)cc1C(C)C. The van der Waals surface area contributed by atoms with E-state index in [1.165, 1.54) is 16.7 Å². The molecule has 22 heavy (non-hydrogen) atoms. The number of phenols is 1. The van der Waals surface area contributed by atoms with Gasteiger partial charge in [-0.1, -0.05) is 32.0 Å². The summed E-state index contributed by atoms with van der Waals surface area (Å²) in [6, 6.07) is 11.8. The molecule has 0 aromatic heterocycles. The van der Waals surface area contributed by atoms with E-state index < -0.39 is 0 Å². The third kappa shape index (κ3) is 4.01. The van der Waals surface area contributed by atoms with E-state index in [0.29, 0.717) is 11.7 Å². The first-order chi connectivity index (χ1) is 10.5. The highest BCUT2D eigenvalue weighted by molar-refractivity contribution is 5.43. The van der Waals surface area contributed by atoms with Crippen molar-refractivity contribution < 1.29 is 14.6 Å². The Labute approximate surface area is 132 Å². The molecule has 3 heteroatoms. The van der Waals surface area contributed by atoms with Crippen molar-refractivity contribution in [3.05, 3.63) is 58.7 Å². The third-order valence-corrected chi connectivity index (χ3v) is 3.75. The molecule has 0 saturated heterocycles. The van der Waals surface area contributed by atoms with Crippen LogP contribution in [0.5, 0.6) is 11.5 Å². The molecule has 2 rings (SSSR count). The average Bonchev–Trinajstić information content (AvgIpc) is 2.48. The van der Waals surface area contributed by atoms with E-state index in [1.54, 1.807) is 19.2 Å². The molecule has 0 spiro atoms. The molecule has 2 aromatic carbocycles. The molecule has 0 aliphatic rings. The van der Waals surface area contributed by atoms with Crippen molar-refractivity contribution in [2.75, 3.05) is 13.9 Å². The number of methoxy groups -OCH3 is 1. The van der Waals surface area contributed by atoms with E-state index in [2.05, 4.69) is 26.0 Å². The van der Waals surface area contributed by atoms with Gasteiger partial charge in [0.15, 0.2) is 6.79 Å². The maximum Gasteiger partial charge on any atom is 0.188 e. The van der Waals surface area contributed by atoms with Crippen LogP contribution < -0.4 is 4.74 Å². The van der Waals surface area contributed by atoms with Crippen LogP contribution in [0.4, 0.5) is 0 Å². The number of aromatic hydroxyl groups is 1. The van der Waals surface area contributed by atoms with Crippen LogP contribution in [0, 0.1) is 6.92 Å². The Morgan fingerprint density at radius 2 is 1.86 bits per heavy atom. The second-order valence-electron chi connectivity index (χ2n) is 5.87. The summed E-state index contributed by atoms with van der Waals surface area (Å²) in [6.07, 6.45) is 0.844. The van der Waals surface area contributed by atoms with Gasteiger partial charge in [-0.2, -0.15) is 0 Å². The fraction of sp³-hybridized carbons (Fsp3) is 0.368. The van der Waals surface area contributed by atoms with Gasteiger partial charge in [0.1, 0.15) is 11.5 Å². The molecule has 118 valence electrons. The Morgan fingerprint density at radius 1 is 1.09 bits per heavy atom. The first kappa shape index (κ1) is 16.4. The highest BCUT2D eigenvalue weighted by Crippen LogP contribution is 2.29. The smallest absolute Gasteiger partial charge is 0.188 e. The van der Waals surface area contributed by atoms with Crippen molar-refractivity contribution in [3.8, 4) is 11.5 Å². The summed E-state index contributed by atoms with van der Waals surface area (Å²) in [6.45, 7) is 6.60. The molecular formula is C19H24O3. The summed E-state index contributed by atoms with van der Waals surface area (Å²) in [5, 5.41) is 9.51. The minimum atomic E-state index is 0.260. The summed E-state index contributed by atoms with van der Waals surface area (Å²) >= 11 is 0. The van der Waals surface area contributed by atoms with Gasteiger partial charge in [-0.05, 0) is 59.7 Å². The normalized spacial score (nSPS) is 11.0. The maximum atomic E-state index is 9.51. The van der Waals surface area contributed by atoms with E-state index >= 15 is 0 Å². The number of ether oxygens (including phenoxy) is 2. The maximum absolute atomic E-state index is 9.51. The fourth-order valence-corrected chi connectivity index (χ4v) is 2.51. The highest BCUT2D eigenvalue weighted by Gasteiger charge is 2.10. The summed E-state index contributed by atoms with van der Waals surface area (Å²) in [7, 11) is 1.62. The van der Waals surface area contributed by atoms with Crippen LogP contribution in [-0.4, -0.2) is 19.0 Å². The quantitative estimate of drug-likeness (QED) is 0.804. The molecule has 0 atom stereocenters. The van der Waals surface area contributed by atoms with Gasteiger partial charge in [0.05, 0.1) is 0 Å². The first-order valence-electron chi connectivity index (χ1n) is 7.54. The van der Waals surface area contributed by atoms with E-state index in [0.717, 1.165) is 17.7 Å². The predicted octanol–water partition coefficient (Wildman–Crippen LogP) is 4.40. The van der Waals surface area contributed by atoms with Crippen molar-refractivity contribution in [3.63, 3.8) is 0 Å². The summed E-state index contributed by atoms with van der Waals surface area (Å²) < 4.78 is 10.6. The zero-order chi connectivity index (χ0) is 16.1. The van der Waals surface area contributed by atoms with Crippen molar-refractivity contribution in [2.45, 2.75) is 33.1 Å². The number of hydrogen-bond donors (Lipinski definition) is 1. The first-order valence-corrected chi connectivity index (χ1v) is 7.54. The van der Waals surface area contributed by atoms with Crippen LogP contribution in [0.15, 0.2) is 36.4 Å². The van der Waals surface area contributed by atoms with Crippen LogP contribution in [0.1, 0.15) is 42.0 Å². The molecular weight excluding hydrogens is 276 g/mol. The Kier molecular flexibility index (Phi) is 5.45. The molecule has 0 amide bonds. The lowest BCUT2D eigenvalue weighted by Crippen LogP contribution is -2.03.